The highest BCUT2D eigenvalue weighted by Crippen LogP contribution is 2.24. The van der Waals surface area contributed by atoms with Gasteiger partial charge in [0.2, 0.25) is 0 Å². The Balaban J connectivity index is 2.01. The van der Waals surface area contributed by atoms with Gasteiger partial charge in [0.15, 0.2) is 0 Å². The summed E-state index contributed by atoms with van der Waals surface area (Å²) in [6, 6.07) is 5.02. The molecule has 1 heterocycles. The van der Waals surface area contributed by atoms with Crippen molar-refractivity contribution in [2.75, 3.05) is 0 Å². The maximum absolute atomic E-state index is 13.1. The van der Waals surface area contributed by atoms with Gasteiger partial charge in [0.1, 0.15) is 11.6 Å². The molecule has 0 aliphatic rings. The summed E-state index contributed by atoms with van der Waals surface area (Å²) in [5, 5.41) is 3.28. The lowest BCUT2D eigenvalue weighted by atomic mass is 10.3. The zero-order valence-electron chi connectivity index (χ0n) is 11.2. The Kier molecular flexibility index (Phi) is 5.03. The van der Waals surface area contributed by atoms with Gasteiger partial charge in [-0.3, -0.25) is 0 Å². The van der Waals surface area contributed by atoms with Gasteiger partial charge in [-0.25, -0.2) is 14.4 Å². The van der Waals surface area contributed by atoms with Gasteiger partial charge in [-0.15, -0.1) is 0 Å². The second-order valence-electron chi connectivity index (χ2n) is 4.59. The Bertz CT molecular complexity index is 575. The Morgan fingerprint density at radius 2 is 2.00 bits per heavy atom. The van der Waals surface area contributed by atoms with E-state index in [1.54, 1.807) is 12.4 Å². The molecule has 20 heavy (non-hydrogen) atoms. The molecule has 0 fully saturated rings. The molecule has 0 amide bonds. The molecule has 1 aromatic carbocycles. The van der Waals surface area contributed by atoms with Crippen molar-refractivity contribution in [1.29, 1.82) is 0 Å². The van der Waals surface area contributed by atoms with Crippen molar-refractivity contribution in [3.05, 3.63) is 46.4 Å². The standard InChI is InChI=1S/C14H15BrFN3O/c1-9(2)17-6-10-7-18-14(19-8-10)20-11-3-4-13(16)12(15)5-11/h3-5,7-9,17H,6H2,1-2H3. The van der Waals surface area contributed by atoms with E-state index in [2.05, 4.69) is 45.1 Å². The predicted octanol–water partition coefficient (Wildman–Crippen LogP) is 3.67. The minimum atomic E-state index is -0.339. The predicted molar refractivity (Wildman–Crippen MR) is 78.2 cm³/mol. The van der Waals surface area contributed by atoms with Crippen molar-refractivity contribution >= 4 is 15.9 Å². The van der Waals surface area contributed by atoms with Crippen molar-refractivity contribution < 1.29 is 9.13 Å². The molecule has 0 saturated heterocycles. The monoisotopic (exact) mass is 339 g/mol. The number of aromatic nitrogens is 2. The molecule has 4 nitrogen and oxygen atoms in total. The zero-order chi connectivity index (χ0) is 14.5. The first-order valence-electron chi connectivity index (χ1n) is 6.22. The van der Waals surface area contributed by atoms with Crippen molar-refractivity contribution in [3.8, 4) is 11.8 Å². The van der Waals surface area contributed by atoms with Crippen LogP contribution >= 0.6 is 15.9 Å². The van der Waals surface area contributed by atoms with Crippen LogP contribution in [0.15, 0.2) is 35.1 Å². The van der Waals surface area contributed by atoms with E-state index in [0.717, 1.165) is 5.56 Å². The Labute approximate surface area is 125 Å². The topological polar surface area (TPSA) is 47.0 Å². The maximum Gasteiger partial charge on any atom is 0.321 e. The lowest BCUT2D eigenvalue weighted by Gasteiger charge is -2.08. The maximum atomic E-state index is 13.1. The molecule has 0 bridgehead atoms. The third-order valence-corrected chi connectivity index (χ3v) is 3.10. The van der Waals surface area contributed by atoms with Crippen molar-refractivity contribution in [1.82, 2.24) is 15.3 Å². The Hall–Kier alpha value is -1.53. The minimum Gasteiger partial charge on any atom is -0.424 e. The first-order valence-corrected chi connectivity index (χ1v) is 7.01. The molecule has 0 saturated carbocycles. The van der Waals surface area contributed by atoms with E-state index in [1.807, 2.05) is 0 Å². The minimum absolute atomic E-state index is 0.233. The third-order valence-electron chi connectivity index (χ3n) is 2.50. The summed E-state index contributed by atoms with van der Waals surface area (Å²) in [5.41, 5.74) is 0.978. The summed E-state index contributed by atoms with van der Waals surface area (Å²) in [6.45, 7) is 4.86. The van der Waals surface area contributed by atoms with E-state index in [-0.39, 0.29) is 11.8 Å². The van der Waals surface area contributed by atoms with E-state index in [4.69, 9.17) is 4.74 Å². The largest absolute Gasteiger partial charge is 0.424 e. The Morgan fingerprint density at radius 1 is 1.30 bits per heavy atom. The number of nitrogens with one attached hydrogen (secondary N) is 1. The van der Waals surface area contributed by atoms with Gasteiger partial charge >= 0.3 is 6.01 Å². The molecular formula is C14H15BrFN3O. The van der Waals surface area contributed by atoms with Gasteiger partial charge in [-0.2, -0.15) is 0 Å². The summed E-state index contributed by atoms with van der Waals surface area (Å²) < 4.78 is 18.9. The molecule has 2 rings (SSSR count). The molecule has 0 radical (unpaired) electrons. The number of benzene rings is 1. The summed E-state index contributed by atoms with van der Waals surface area (Å²) in [7, 11) is 0. The highest BCUT2D eigenvalue weighted by molar-refractivity contribution is 9.10. The fourth-order valence-electron chi connectivity index (χ4n) is 1.45. The number of nitrogens with zero attached hydrogens (tertiary/aromatic N) is 2. The first-order chi connectivity index (χ1) is 9.54. The summed E-state index contributed by atoms with van der Waals surface area (Å²) in [4.78, 5) is 8.24. The zero-order valence-corrected chi connectivity index (χ0v) is 12.8. The van der Waals surface area contributed by atoms with Crippen LogP contribution in [0.25, 0.3) is 0 Å². The molecule has 106 valence electrons. The molecule has 0 unspecified atom stereocenters. The molecular weight excluding hydrogens is 325 g/mol. The summed E-state index contributed by atoms with van der Waals surface area (Å²) in [6.07, 6.45) is 3.41. The highest BCUT2D eigenvalue weighted by atomic mass is 79.9. The van der Waals surface area contributed by atoms with Crippen molar-refractivity contribution in [3.63, 3.8) is 0 Å². The van der Waals surface area contributed by atoms with Crippen LogP contribution in [0.1, 0.15) is 19.4 Å². The number of hydrogen-bond donors (Lipinski definition) is 1. The SMILES string of the molecule is CC(C)NCc1cnc(Oc2ccc(F)c(Br)c2)nc1. The van der Waals surface area contributed by atoms with Crippen LogP contribution in [0.2, 0.25) is 0 Å². The van der Waals surface area contributed by atoms with Crippen LogP contribution in [0.5, 0.6) is 11.8 Å². The van der Waals surface area contributed by atoms with Crippen LogP contribution in [0, 0.1) is 5.82 Å². The molecule has 6 heteroatoms. The van der Waals surface area contributed by atoms with Crippen LogP contribution in [0.3, 0.4) is 0 Å². The molecule has 0 atom stereocenters. The molecule has 2 aromatic rings. The smallest absolute Gasteiger partial charge is 0.321 e. The number of rotatable bonds is 5. The van der Waals surface area contributed by atoms with Crippen LogP contribution in [-0.4, -0.2) is 16.0 Å². The summed E-state index contributed by atoms with van der Waals surface area (Å²) >= 11 is 3.10. The second-order valence-corrected chi connectivity index (χ2v) is 5.44. The molecule has 0 aliphatic heterocycles. The van der Waals surface area contributed by atoms with Gasteiger partial charge in [-0.05, 0) is 34.1 Å². The quantitative estimate of drug-likeness (QED) is 0.902. The summed E-state index contributed by atoms with van der Waals surface area (Å²) in [5.74, 6) is 0.139. The molecule has 0 aliphatic carbocycles. The van der Waals surface area contributed by atoms with Crippen LogP contribution in [-0.2, 0) is 6.54 Å². The average molecular weight is 340 g/mol. The molecule has 1 N–H and O–H groups in total. The number of hydrogen-bond acceptors (Lipinski definition) is 4. The van der Waals surface area contributed by atoms with E-state index in [9.17, 15) is 4.39 Å². The lowest BCUT2D eigenvalue weighted by molar-refractivity contribution is 0.438. The van der Waals surface area contributed by atoms with Crippen LogP contribution < -0.4 is 10.1 Å². The third kappa shape index (κ3) is 4.25. The fraction of sp³-hybridized carbons (Fsp3) is 0.286. The molecule has 1 aromatic heterocycles. The van der Waals surface area contributed by atoms with Crippen molar-refractivity contribution in [2.24, 2.45) is 0 Å². The van der Waals surface area contributed by atoms with E-state index >= 15 is 0 Å². The van der Waals surface area contributed by atoms with Gasteiger partial charge < -0.3 is 10.1 Å². The van der Waals surface area contributed by atoms with Gasteiger partial charge in [0.25, 0.3) is 0 Å². The van der Waals surface area contributed by atoms with Gasteiger partial charge in [0, 0.05) is 30.5 Å². The second kappa shape index (κ2) is 6.76. The van der Waals surface area contributed by atoms with Crippen molar-refractivity contribution in [2.45, 2.75) is 26.4 Å². The normalized spacial score (nSPS) is 10.8. The van der Waals surface area contributed by atoms with E-state index < -0.39 is 0 Å². The first kappa shape index (κ1) is 14.9. The fourth-order valence-corrected chi connectivity index (χ4v) is 1.81. The van der Waals surface area contributed by atoms with E-state index in [1.165, 1.54) is 18.2 Å². The van der Waals surface area contributed by atoms with Gasteiger partial charge in [0.05, 0.1) is 4.47 Å². The lowest BCUT2D eigenvalue weighted by Crippen LogP contribution is -2.21. The average Bonchev–Trinajstić information content (AvgIpc) is 2.42. The highest BCUT2D eigenvalue weighted by Gasteiger charge is 2.05. The Morgan fingerprint density at radius 3 is 2.60 bits per heavy atom. The van der Waals surface area contributed by atoms with Gasteiger partial charge in [-0.1, -0.05) is 13.8 Å². The van der Waals surface area contributed by atoms with Crippen LogP contribution in [0.4, 0.5) is 4.39 Å². The number of ether oxygens (including phenoxy) is 1. The number of halogens is 2. The molecule has 0 spiro atoms. The van der Waals surface area contributed by atoms with E-state index in [0.29, 0.717) is 22.8 Å².